The summed E-state index contributed by atoms with van der Waals surface area (Å²) in [6.45, 7) is 4.03. The number of carbonyl (C=O) groups is 4. The highest BCUT2D eigenvalue weighted by Crippen LogP contribution is 2.21. The monoisotopic (exact) mass is 764 g/mol. The van der Waals surface area contributed by atoms with Gasteiger partial charge in [0.05, 0.1) is 6.33 Å². The Kier molecular flexibility index (Phi) is 15.1. The molecule has 1 aromatic heterocycles. The summed E-state index contributed by atoms with van der Waals surface area (Å²) in [6.07, 6.45) is 1.47. The van der Waals surface area contributed by atoms with Gasteiger partial charge in [-0.1, -0.05) is 117 Å². The summed E-state index contributed by atoms with van der Waals surface area (Å²) in [5, 5.41) is 12.8. The van der Waals surface area contributed by atoms with Gasteiger partial charge in [-0.05, 0) is 39.8 Å². The van der Waals surface area contributed by atoms with Gasteiger partial charge in [0, 0.05) is 31.3 Å². The van der Waals surface area contributed by atoms with Crippen LogP contribution in [-0.4, -0.2) is 57.9 Å². The van der Waals surface area contributed by atoms with E-state index in [9.17, 15) is 24.1 Å². The molecule has 4 atom stereocenters. The largest absolute Gasteiger partial charge is 0.603 e. The van der Waals surface area contributed by atoms with Crippen molar-refractivity contribution in [1.29, 1.82) is 0 Å². The third-order valence-electron chi connectivity index (χ3n) is 8.49. The second-order valence-electron chi connectivity index (χ2n) is 13.3. The van der Waals surface area contributed by atoms with E-state index in [1.807, 2.05) is 117 Å². The van der Waals surface area contributed by atoms with Crippen LogP contribution in [0.4, 0.5) is 4.79 Å². The molecule has 14 heteroatoms. The molecule has 55 heavy (non-hydrogen) atoms. The van der Waals surface area contributed by atoms with Crippen molar-refractivity contribution < 1.29 is 33.3 Å². The summed E-state index contributed by atoms with van der Waals surface area (Å²) in [7, 11) is -2.63. The number of rotatable bonds is 18. The molecule has 4 amide bonds. The fourth-order valence-corrected chi connectivity index (χ4v) is 6.54. The van der Waals surface area contributed by atoms with Crippen molar-refractivity contribution in [2.24, 2.45) is 5.92 Å². The van der Waals surface area contributed by atoms with Gasteiger partial charge >= 0.3 is 6.09 Å². The maximum Gasteiger partial charge on any atom is 0.408 e. The topological polar surface area (TPSA) is 187 Å². The smallest absolute Gasteiger partial charge is 0.408 e. The summed E-state index contributed by atoms with van der Waals surface area (Å²) in [4.78, 5) is 73.7. The number of hydrogen-bond acceptors (Lipinski definition) is 8. The lowest BCUT2D eigenvalue weighted by atomic mass is 9.98. The van der Waals surface area contributed by atoms with E-state index in [4.69, 9.17) is 9.26 Å². The fraction of sp³-hybridized carbons (Fsp3) is 0.268. The zero-order chi connectivity index (χ0) is 39.0. The number of fused-ring (bicyclic) bond motifs is 1. The van der Waals surface area contributed by atoms with Gasteiger partial charge in [-0.25, -0.2) is 9.78 Å². The molecule has 5 aromatic rings. The van der Waals surface area contributed by atoms with E-state index in [2.05, 4.69) is 31.2 Å². The van der Waals surface area contributed by atoms with E-state index in [0.717, 1.165) is 33.3 Å². The molecule has 0 fully saturated rings. The fourth-order valence-electron chi connectivity index (χ4n) is 5.80. The number of hydrogen-bond donors (Lipinski definition) is 5. The molecule has 5 N–H and O–H groups in total. The first-order valence-electron chi connectivity index (χ1n) is 17.9. The molecule has 0 aliphatic rings. The lowest BCUT2D eigenvalue weighted by Gasteiger charge is -2.25. The summed E-state index contributed by atoms with van der Waals surface area (Å²) in [6, 6.07) is 29.5. The Labute approximate surface area is 320 Å². The Morgan fingerprint density at radius 2 is 1.45 bits per heavy atom. The number of H-pyrrole nitrogens is 1. The van der Waals surface area contributed by atoms with Crippen molar-refractivity contribution in [3.05, 3.63) is 138 Å². The maximum atomic E-state index is 14.1. The number of aromatic amines is 1. The minimum absolute atomic E-state index is 0.00238. The van der Waals surface area contributed by atoms with Crippen molar-refractivity contribution in [2.45, 2.75) is 64.6 Å². The average Bonchev–Trinajstić information content (AvgIpc) is 3.69. The zero-order valence-corrected chi connectivity index (χ0v) is 31.5. The molecule has 0 bridgehead atoms. The van der Waals surface area contributed by atoms with E-state index in [-0.39, 0.29) is 38.3 Å². The lowest BCUT2D eigenvalue weighted by molar-refractivity contribution is -0.177. The predicted octanol–water partition coefficient (Wildman–Crippen LogP) is 4.42. The summed E-state index contributed by atoms with van der Waals surface area (Å²) in [5.41, 5.74) is 3.00. The Morgan fingerprint density at radius 1 is 0.800 bits per heavy atom. The Bertz CT molecular complexity index is 2040. The van der Waals surface area contributed by atoms with Crippen LogP contribution in [0.2, 0.25) is 0 Å². The van der Waals surface area contributed by atoms with E-state index >= 15 is 0 Å². The van der Waals surface area contributed by atoms with Gasteiger partial charge in [0.2, 0.25) is 25.6 Å². The molecule has 3 unspecified atom stereocenters. The van der Waals surface area contributed by atoms with Crippen molar-refractivity contribution in [1.82, 2.24) is 31.2 Å². The van der Waals surface area contributed by atoms with Crippen LogP contribution in [0.15, 0.2) is 116 Å². The molecule has 286 valence electrons. The van der Waals surface area contributed by atoms with Crippen molar-refractivity contribution >= 4 is 48.4 Å². The van der Waals surface area contributed by atoms with Crippen LogP contribution < -0.4 is 26.2 Å². The molecule has 5 rings (SSSR count). The number of imidazole rings is 1. The van der Waals surface area contributed by atoms with Gasteiger partial charge in [0.15, 0.2) is 6.23 Å². The first-order chi connectivity index (χ1) is 26.6. The number of ether oxygens (including phenoxy) is 1. The van der Waals surface area contributed by atoms with Crippen LogP contribution in [0.1, 0.15) is 42.7 Å². The van der Waals surface area contributed by atoms with Crippen molar-refractivity contribution in [3.8, 4) is 0 Å². The number of amides is 4. The van der Waals surface area contributed by atoms with Crippen LogP contribution in [0, 0.1) is 5.92 Å². The highest BCUT2D eigenvalue weighted by molar-refractivity contribution is 7.47. The molecule has 0 saturated carbocycles. The summed E-state index contributed by atoms with van der Waals surface area (Å²) in [5.74, 6) is -0.934. The quantitative estimate of drug-likeness (QED) is 0.0641. The number of alkyl carbamates (subject to hydrolysis) is 1. The molecular weight excluding hydrogens is 719 g/mol. The van der Waals surface area contributed by atoms with Crippen LogP contribution in [0.25, 0.3) is 10.8 Å². The van der Waals surface area contributed by atoms with Gasteiger partial charge in [-0.15, -0.1) is 0 Å². The van der Waals surface area contributed by atoms with Gasteiger partial charge in [0.1, 0.15) is 18.7 Å². The van der Waals surface area contributed by atoms with Crippen LogP contribution >= 0.6 is 8.00 Å². The number of aromatic nitrogens is 2. The van der Waals surface area contributed by atoms with Gasteiger partial charge in [-0.3, -0.25) is 14.4 Å². The standard InChI is InChI=1S/C41H45N6O7P/c1-28(2)20-38(54-55(52)26-37(48)43-23-29-12-5-3-6-13-29)47-40(50)36(22-33-24-42-27-44-33)45-39(49)35(46-41(51)53-25-30-14-7-4-8-15-30)21-32-18-11-17-31-16-9-10-19-34(31)32/h3-19,24,26-28,35-36,38H,20-23,25H2,1-2H3,(H,42,44)(H,43,48)(H,45,49)(H,46,51)(H,47,50)/t35-,36?,38?/m1/s1. The van der Waals surface area contributed by atoms with E-state index in [1.54, 1.807) is 0 Å². The molecule has 13 nitrogen and oxygen atoms in total. The highest BCUT2D eigenvalue weighted by atomic mass is 31.1. The molecule has 1 heterocycles. The first-order valence-corrected chi connectivity index (χ1v) is 19.2. The molecule has 4 aromatic carbocycles. The second-order valence-corrected chi connectivity index (χ2v) is 14.3. The Balaban J connectivity index is 1.32. The third-order valence-corrected chi connectivity index (χ3v) is 9.40. The van der Waals surface area contributed by atoms with Gasteiger partial charge in [-0.2, -0.15) is 4.52 Å². The van der Waals surface area contributed by atoms with Crippen LogP contribution in [0.5, 0.6) is 0 Å². The minimum atomic E-state index is -2.63. The summed E-state index contributed by atoms with van der Waals surface area (Å²) >= 11 is 0. The SMILES string of the molecule is CC(C)CC(NC(=O)C(Cc1cnc[nH]1)NC(=O)[C@@H](Cc1cccc2ccccc12)NC(=O)OCc1ccccc1)O/[P+]([O-])=C/C(=O)NCc1ccccc1. The molecule has 0 aliphatic carbocycles. The minimum Gasteiger partial charge on any atom is -0.603 e. The Morgan fingerprint density at radius 3 is 2.16 bits per heavy atom. The number of nitrogens with one attached hydrogen (secondary N) is 5. The zero-order valence-electron chi connectivity index (χ0n) is 30.6. The average molecular weight is 765 g/mol. The van der Waals surface area contributed by atoms with E-state index in [1.165, 1.54) is 12.5 Å². The number of carbonyl (C=O) groups excluding carboxylic acids is 4. The highest BCUT2D eigenvalue weighted by Gasteiger charge is 2.31. The predicted molar refractivity (Wildman–Crippen MR) is 209 cm³/mol. The molecule has 0 aliphatic heterocycles. The molecule has 0 saturated heterocycles. The van der Waals surface area contributed by atoms with Gasteiger partial charge < -0.3 is 35.9 Å². The van der Waals surface area contributed by atoms with Crippen LogP contribution in [-0.2, 0) is 49.6 Å². The molecular formula is C41H45N6O7P. The van der Waals surface area contributed by atoms with Crippen molar-refractivity contribution in [3.63, 3.8) is 0 Å². The number of nitrogens with zero attached hydrogens (tertiary/aromatic N) is 1. The van der Waals surface area contributed by atoms with Crippen molar-refractivity contribution in [2.75, 3.05) is 0 Å². The third kappa shape index (κ3) is 13.2. The lowest BCUT2D eigenvalue weighted by Crippen LogP contribution is -2.56. The molecule has 0 radical (unpaired) electrons. The Hall–Kier alpha value is -5.88. The van der Waals surface area contributed by atoms with Crippen LogP contribution in [0.3, 0.4) is 0 Å². The molecule has 0 spiro atoms. The van der Waals surface area contributed by atoms with E-state index in [0.29, 0.717) is 5.69 Å². The normalized spacial score (nSPS) is 13.1. The summed E-state index contributed by atoms with van der Waals surface area (Å²) < 4.78 is 11.1. The maximum absolute atomic E-state index is 14.1. The number of benzene rings is 4. The van der Waals surface area contributed by atoms with Gasteiger partial charge in [0.25, 0.3) is 5.91 Å². The second kappa shape index (κ2) is 20.5. The van der Waals surface area contributed by atoms with E-state index < -0.39 is 50.1 Å². The first kappa shape index (κ1) is 40.3.